The average molecular weight is 404 g/mol. The van der Waals surface area contributed by atoms with Crippen LogP contribution in [0.5, 0.6) is 5.75 Å². The number of amides is 1. The molecule has 7 nitrogen and oxygen atoms in total. The molecule has 1 fully saturated rings. The highest BCUT2D eigenvalue weighted by Crippen LogP contribution is 2.24. The number of piperazine rings is 1. The van der Waals surface area contributed by atoms with Crippen LogP contribution in [0.1, 0.15) is 32.0 Å². The van der Waals surface area contributed by atoms with Gasteiger partial charge >= 0.3 is 0 Å². The van der Waals surface area contributed by atoms with Crippen molar-refractivity contribution in [3.8, 4) is 5.75 Å². The zero-order valence-corrected chi connectivity index (χ0v) is 17.5. The van der Waals surface area contributed by atoms with E-state index in [0.29, 0.717) is 24.7 Å². The van der Waals surface area contributed by atoms with Crippen molar-refractivity contribution in [2.24, 2.45) is 0 Å². The van der Waals surface area contributed by atoms with Crippen LogP contribution in [0.2, 0.25) is 0 Å². The molecular formula is C21H29FN4O3. The van der Waals surface area contributed by atoms with E-state index in [4.69, 9.17) is 9.26 Å². The normalized spacial score (nSPS) is 16.0. The van der Waals surface area contributed by atoms with Crippen LogP contribution in [0.4, 0.5) is 10.3 Å². The lowest BCUT2D eigenvalue weighted by molar-refractivity contribution is -0.117. The van der Waals surface area contributed by atoms with Crippen molar-refractivity contribution in [3.63, 3.8) is 0 Å². The van der Waals surface area contributed by atoms with E-state index >= 15 is 0 Å². The summed E-state index contributed by atoms with van der Waals surface area (Å²) in [5.41, 5.74) is 1.50. The quantitative estimate of drug-likeness (QED) is 0.798. The van der Waals surface area contributed by atoms with Crippen LogP contribution in [0, 0.1) is 5.82 Å². The zero-order chi connectivity index (χ0) is 21.0. The second-order valence-electron chi connectivity index (χ2n) is 8.38. The van der Waals surface area contributed by atoms with Crippen LogP contribution in [-0.4, -0.2) is 60.7 Å². The molecule has 0 saturated carbocycles. The number of nitrogens with one attached hydrogen (secondary N) is 1. The van der Waals surface area contributed by atoms with Crippen molar-refractivity contribution in [2.45, 2.75) is 32.7 Å². The first-order valence-corrected chi connectivity index (χ1v) is 9.79. The van der Waals surface area contributed by atoms with Crippen molar-refractivity contribution in [1.82, 2.24) is 15.0 Å². The summed E-state index contributed by atoms with van der Waals surface area (Å²) in [6, 6.07) is 6.34. The monoisotopic (exact) mass is 404 g/mol. The summed E-state index contributed by atoms with van der Waals surface area (Å²) in [6.07, 6.45) is 0. The number of nitrogens with zero attached hydrogens (tertiary/aromatic N) is 3. The maximum Gasteiger partial charge on any atom is 0.240 e. The molecule has 0 bridgehead atoms. The standard InChI is InChI=1S/C21H29FN4O3/c1-21(2,3)18-12-20(29-24-18)23-19(27)14-26-9-7-25(8-10-26)13-15-11-16(22)5-6-17(15)28-4/h5-6,11-12H,7-10,13-14H2,1-4H3,(H,23,27). The molecule has 0 unspecified atom stereocenters. The molecule has 1 aromatic heterocycles. The lowest BCUT2D eigenvalue weighted by atomic mass is 9.92. The molecule has 29 heavy (non-hydrogen) atoms. The number of hydrogen-bond acceptors (Lipinski definition) is 6. The highest BCUT2D eigenvalue weighted by atomic mass is 19.1. The Morgan fingerprint density at radius 1 is 1.21 bits per heavy atom. The number of hydrogen-bond donors (Lipinski definition) is 1. The van der Waals surface area contributed by atoms with E-state index in [1.54, 1.807) is 19.2 Å². The predicted molar refractivity (Wildman–Crippen MR) is 109 cm³/mol. The van der Waals surface area contributed by atoms with Gasteiger partial charge < -0.3 is 9.26 Å². The summed E-state index contributed by atoms with van der Waals surface area (Å²) in [5, 5.41) is 6.78. The van der Waals surface area contributed by atoms with E-state index in [1.807, 2.05) is 20.8 Å². The Hall–Kier alpha value is -2.45. The topological polar surface area (TPSA) is 70.8 Å². The first kappa shape index (κ1) is 21.3. The van der Waals surface area contributed by atoms with Crippen molar-refractivity contribution in [2.75, 3.05) is 45.2 Å². The van der Waals surface area contributed by atoms with E-state index in [0.717, 1.165) is 37.4 Å². The SMILES string of the molecule is COc1ccc(F)cc1CN1CCN(CC(=O)Nc2cc(C(C)(C)C)no2)CC1. The number of ether oxygens (including phenoxy) is 1. The summed E-state index contributed by atoms with van der Waals surface area (Å²) < 4.78 is 24.1. The molecular weight excluding hydrogens is 375 g/mol. The van der Waals surface area contributed by atoms with Gasteiger partial charge in [-0.15, -0.1) is 0 Å². The lowest BCUT2D eigenvalue weighted by Crippen LogP contribution is -2.48. The highest BCUT2D eigenvalue weighted by molar-refractivity contribution is 5.91. The van der Waals surface area contributed by atoms with Gasteiger partial charge in [-0.3, -0.25) is 19.9 Å². The van der Waals surface area contributed by atoms with E-state index in [1.165, 1.54) is 12.1 Å². The van der Waals surface area contributed by atoms with Crippen LogP contribution in [0.25, 0.3) is 0 Å². The van der Waals surface area contributed by atoms with Gasteiger partial charge in [0.2, 0.25) is 11.8 Å². The van der Waals surface area contributed by atoms with E-state index in [-0.39, 0.29) is 17.1 Å². The molecule has 1 N–H and O–H groups in total. The van der Waals surface area contributed by atoms with Crippen LogP contribution in [0.3, 0.4) is 0 Å². The molecule has 0 atom stereocenters. The second-order valence-corrected chi connectivity index (χ2v) is 8.38. The fourth-order valence-electron chi connectivity index (χ4n) is 3.28. The van der Waals surface area contributed by atoms with Crippen molar-refractivity contribution in [1.29, 1.82) is 0 Å². The Bertz CT molecular complexity index is 839. The summed E-state index contributed by atoms with van der Waals surface area (Å²) in [6.45, 7) is 10.1. The molecule has 1 aromatic carbocycles. The minimum absolute atomic E-state index is 0.123. The fraction of sp³-hybridized carbons (Fsp3) is 0.524. The molecule has 1 aliphatic rings. The summed E-state index contributed by atoms with van der Waals surface area (Å²) >= 11 is 0. The van der Waals surface area contributed by atoms with Gasteiger partial charge in [-0.25, -0.2) is 4.39 Å². The van der Waals surface area contributed by atoms with Gasteiger partial charge in [0.25, 0.3) is 0 Å². The number of carbonyl (C=O) groups is 1. The molecule has 1 aliphatic heterocycles. The molecule has 1 amide bonds. The molecule has 1 saturated heterocycles. The Morgan fingerprint density at radius 2 is 1.90 bits per heavy atom. The van der Waals surface area contributed by atoms with E-state index in [9.17, 15) is 9.18 Å². The number of anilines is 1. The van der Waals surface area contributed by atoms with Gasteiger partial charge in [0.15, 0.2) is 0 Å². The van der Waals surface area contributed by atoms with Gasteiger partial charge in [-0.2, -0.15) is 0 Å². The molecule has 0 spiro atoms. The third kappa shape index (κ3) is 5.77. The second kappa shape index (κ2) is 8.92. The molecule has 0 radical (unpaired) electrons. The Balaban J connectivity index is 1.47. The summed E-state index contributed by atoms with van der Waals surface area (Å²) in [7, 11) is 1.59. The van der Waals surface area contributed by atoms with Crippen LogP contribution in [0.15, 0.2) is 28.8 Å². The highest BCUT2D eigenvalue weighted by Gasteiger charge is 2.22. The molecule has 0 aliphatic carbocycles. The third-order valence-electron chi connectivity index (χ3n) is 5.01. The smallest absolute Gasteiger partial charge is 0.240 e. The largest absolute Gasteiger partial charge is 0.496 e. The lowest BCUT2D eigenvalue weighted by Gasteiger charge is -2.34. The van der Waals surface area contributed by atoms with Gasteiger partial charge in [0.1, 0.15) is 11.6 Å². The number of carbonyl (C=O) groups excluding carboxylic acids is 1. The number of aromatic nitrogens is 1. The fourth-order valence-corrected chi connectivity index (χ4v) is 3.28. The minimum Gasteiger partial charge on any atom is -0.496 e. The van der Waals surface area contributed by atoms with Gasteiger partial charge in [0, 0.05) is 49.8 Å². The van der Waals surface area contributed by atoms with Gasteiger partial charge in [-0.05, 0) is 18.2 Å². The third-order valence-corrected chi connectivity index (χ3v) is 5.01. The number of benzene rings is 1. The Morgan fingerprint density at radius 3 is 2.52 bits per heavy atom. The van der Waals surface area contributed by atoms with E-state index in [2.05, 4.69) is 20.3 Å². The maximum absolute atomic E-state index is 13.6. The first-order chi connectivity index (χ1) is 13.7. The Labute approximate surface area is 170 Å². The number of methoxy groups -OCH3 is 1. The number of rotatable bonds is 6. The van der Waals surface area contributed by atoms with Crippen molar-refractivity contribution >= 4 is 11.8 Å². The van der Waals surface area contributed by atoms with Crippen LogP contribution in [-0.2, 0) is 16.8 Å². The molecule has 8 heteroatoms. The Kier molecular flexibility index (Phi) is 6.54. The average Bonchev–Trinajstić information content (AvgIpc) is 3.12. The summed E-state index contributed by atoms with van der Waals surface area (Å²) in [5.74, 6) is 0.673. The van der Waals surface area contributed by atoms with Crippen LogP contribution >= 0.6 is 0 Å². The summed E-state index contributed by atoms with van der Waals surface area (Å²) in [4.78, 5) is 16.6. The minimum atomic E-state index is -0.266. The zero-order valence-electron chi connectivity index (χ0n) is 17.5. The molecule has 158 valence electrons. The van der Waals surface area contributed by atoms with E-state index < -0.39 is 0 Å². The van der Waals surface area contributed by atoms with Crippen LogP contribution < -0.4 is 10.1 Å². The van der Waals surface area contributed by atoms with Crippen molar-refractivity contribution in [3.05, 3.63) is 41.3 Å². The van der Waals surface area contributed by atoms with Gasteiger partial charge in [0.05, 0.1) is 19.3 Å². The van der Waals surface area contributed by atoms with Gasteiger partial charge in [-0.1, -0.05) is 25.9 Å². The van der Waals surface area contributed by atoms with Crippen molar-refractivity contribution < 1.29 is 18.4 Å². The first-order valence-electron chi connectivity index (χ1n) is 9.79. The predicted octanol–water partition coefficient (Wildman–Crippen LogP) is 2.88. The molecule has 2 heterocycles. The maximum atomic E-state index is 13.6. The number of halogens is 1. The molecule has 2 aromatic rings. The molecule has 3 rings (SSSR count).